The van der Waals surface area contributed by atoms with Crippen molar-refractivity contribution in [3.05, 3.63) is 70.9 Å². The summed E-state index contributed by atoms with van der Waals surface area (Å²) in [4.78, 5) is 6.55. The summed E-state index contributed by atoms with van der Waals surface area (Å²) in [5.41, 5.74) is 3.48. The molecular weight excluding hydrogens is 364 g/mol. The number of ether oxygens (including phenoxy) is 1. The fourth-order valence-corrected chi connectivity index (χ4v) is 3.41. The summed E-state index contributed by atoms with van der Waals surface area (Å²) < 4.78 is 5.80. The van der Waals surface area contributed by atoms with Gasteiger partial charge in [-0.3, -0.25) is 9.88 Å². The minimum absolute atomic E-state index is 0.110. The van der Waals surface area contributed by atoms with Crippen LogP contribution in [-0.4, -0.2) is 33.2 Å². The van der Waals surface area contributed by atoms with E-state index in [0.717, 1.165) is 28.9 Å². The van der Waals surface area contributed by atoms with E-state index < -0.39 is 0 Å². The fraction of sp³-hybridized carbons (Fsp3) is 0.190. The van der Waals surface area contributed by atoms with E-state index >= 15 is 0 Å². The molecule has 2 aromatic carbocycles. The molecule has 0 bridgehead atoms. The summed E-state index contributed by atoms with van der Waals surface area (Å²) in [6, 6.07) is 14.5. The molecule has 27 heavy (non-hydrogen) atoms. The third-order valence-electron chi connectivity index (χ3n) is 4.53. The number of aromatic nitrogens is 1. The van der Waals surface area contributed by atoms with E-state index in [0.29, 0.717) is 30.5 Å². The lowest BCUT2D eigenvalue weighted by Gasteiger charge is -2.19. The highest BCUT2D eigenvalue weighted by Gasteiger charge is 2.20. The molecule has 0 unspecified atom stereocenters. The summed E-state index contributed by atoms with van der Waals surface area (Å²) in [5.74, 6) is 0.886. The van der Waals surface area contributed by atoms with Gasteiger partial charge in [-0.15, -0.1) is 0 Å². The number of aromatic hydroxyl groups is 2. The van der Waals surface area contributed by atoms with Crippen molar-refractivity contribution in [2.75, 3.05) is 13.2 Å². The molecule has 0 saturated carbocycles. The van der Waals surface area contributed by atoms with Crippen molar-refractivity contribution < 1.29 is 14.9 Å². The first-order chi connectivity index (χ1) is 13.1. The van der Waals surface area contributed by atoms with E-state index in [1.54, 1.807) is 30.5 Å². The normalized spacial score (nSPS) is 14.3. The zero-order valence-corrected chi connectivity index (χ0v) is 15.4. The summed E-state index contributed by atoms with van der Waals surface area (Å²) in [5, 5.41) is 20.7. The number of hydrogen-bond acceptors (Lipinski definition) is 5. The Morgan fingerprint density at radius 1 is 1.11 bits per heavy atom. The molecule has 0 spiro atoms. The maximum atomic E-state index is 10.5. The first-order valence-electron chi connectivity index (χ1n) is 8.69. The Morgan fingerprint density at radius 2 is 2.00 bits per heavy atom. The SMILES string of the molecule is Oc1cccc(CN2CCOc3c(O)cc(-c4ccc(Cl)cn4)cc3C2)c1. The number of fused-ring (bicyclic) bond motifs is 1. The molecule has 2 heterocycles. The molecule has 0 aliphatic carbocycles. The summed E-state index contributed by atoms with van der Waals surface area (Å²) in [6.07, 6.45) is 1.59. The maximum absolute atomic E-state index is 10.5. The van der Waals surface area contributed by atoms with Crippen molar-refractivity contribution in [1.82, 2.24) is 9.88 Å². The first-order valence-corrected chi connectivity index (χ1v) is 9.07. The Hall–Kier alpha value is -2.76. The van der Waals surface area contributed by atoms with E-state index in [2.05, 4.69) is 9.88 Å². The summed E-state index contributed by atoms with van der Waals surface area (Å²) in [7, 11) is 0. The molecule has 0 saturated heterocycles. The van der Waals surface area contributed by atoms with Crippen LogP contribution < -0.4 is 4.74 Å². The van der Waals surface area contributed by atoms with E-state index in [4.69, 9.17) is 16.3 Å². The molecule has 4 rings (SSSR count). The molecule has 5 nitrogen and oxygen atoms in total. The highest BCUT2D eigenvalue weighted by molar-refractivity contribution is 6.30. The second-order valence-corrected chi connectivity index (χ2v) is 7.01. The van der Waals surface area contributed by atoms with Gasteiger partial charge < -0.3 is 14.9 Å². The fourth-order valence-electron chi connectivity index (χ4n) is 3.30. The van der Waals surface area contributed by atoms with Crippen LogP contribution in [0.3, 0.4) is 0 Å². The Labute approximate surface area is 162 Å². The van der Waals surface area contributed by atoms with E-state index in [-0.39, 0.29) is 11.5 Å². The molecule has 1 aromatic heterocycles. The Kier molecular flexibility index (Phi) is 4.88. The quantitative estimate of drug-likeness (QED) is 0.710. The molecule has 0 fully saturated rings. The second kappa shape index (κ2) is 7.47. The van der Waals surface area contributed by atoms with E-state index in [9.17, 15) is 10.2 Å². The maximum Gasteiger partial charge on any atom is 0.165 e. The molecule has 2 N–H and O–H groups in total. The minimum atomic E-state index is 0.110. The van der Waals surface area contributed by atoms with E-state index in [1.807, 2.05) is 24.3 Å². The van der Waals surface area contributed by atoms with Crippen LogP contribution in [0.4, 0.5) is 0 Å². The number of phenolic OH excluding ortho intramolecular Hbond substituents is 2. The average Bonchev–Trinajstić information content (AvgIpc) is 2.84. The minimum Gasteiger partial charge on any atom is -0.508 e. The number of pyridine rings is 1. The van der Waals surface area contributed by atoms with Crippen molar-refractivity contribution >= 4 is 11.6 Å². The van der Waals surface area contributed by atoms with Crippen LogP contribution in [0.1, 0.15) is 11.1 Å². The summed E-state index contributed by atoms with van der Waals surface area (Å²) in [6.45, 7) is 2.51. The lowest BCUT2D eigenvalue weighted by atomic mass is 10.0. The van der Waals surface area contributed by atoms with Crippen LogP contribution in [0, 0.1) is 0 Å². The number of nitrogens with zero attached hydrogens (tertiary/aromatic N) is 2. The Morgan fingerprint density at radius 3 is 2.78 bits per heavy atom. The molecule has 1 aliphatic rings. The monoisotopic (exact) mass is 382 g/mol. The van der Waals surface area contributed by atoms with Gasteiger partial charge in [0.05, 0.1) is 10.7 Å². The van der Waals surface area contributed by atoms with Crippen molar-refractivity contribution in [2.24, 2.45) is 0 Å². The van der Waals surface area contributed by atoms with Gasteiger partial charge in [-0.2, -0.15) is 0 Å². The molecule has 6 heteroatoms. The van der Waals surface area contributed by atoms with Crippen molar-refractivity contribution in [2.45, 2.75) is 13.1 Å². The second-order valence-electron chi connectivity index (χ2n) is 6.57. The Balaban J connectivity index is 1.63. The van der Waals surface area contributed by atoms with Crippen LogP contribution in [0.15, 0.2) is 54.7 Å². The molecule has 0 atom stereocenters. The third kappa shape index (κ3) is 3.99. The smallest absolute Gasteiger partial charge is 0.165 e. The zero-order valence-electron chi connectivity index (χ0n) is 14.6. The molecular formula is C21H19ClN2O3. The van der Waals surface area contributed by atoms with Crippen LogP contribution in [-0.2, 0) is 13.1 Å². The molecule has 138 valence electrons. The van der Waals surface area contributed by atoms with E-state index in [1.165, 1.54) is 0 Å². The van der Waals surface area contributed by atoms with Gasteiger partial charge >= 0.3 is 0 Å². The number of phenols is 2. The van der Waals surface area contributed by atoms with Crippen molar-refractivity contribution in [3.63, 3.8) is 0 Å². The van der Waals surface area contributed by atoms with Crippen LogP contribution in [0.5, 0.6) is 17.2 Å². The number of rotatable bonds is 3. The zero-order chi connectivity index (χ0) is 18.8. The van der Waals surface area contributed by atoms with Crippen LogP contribution >= 0.6 is 11.6 Å². The van der Waals surface area contributed by atoms with Crippen molar-refractivity contribution in [3.8, 4) is 28.5 Å². The van der Waals surface area contributed by atoms with Crippen LogP contribution in [0.25, 0.3) is 11.3 Å². The number of hydrogen-bond donors (Lipinski definition) is 2. The third-order valence-corrected chi connectivity index (χ3v) is 4.76. The number of benzene rings is 2. The van der Waals surface area contributed by atoms with Gasteiger partial charge in [0.25, 0.3) is 0 Å². The molecule has 0 amide bonds. The standard InChI is InChI=1S/C21H19ClN2O3/c22-17-4-5-19(23-11-17)15-9-16-13-24(6-7-27-21(16)20(26)10-15)12-14-2-1-3-18(25)8-14/h1-5,8-11,25-26H,6-7,12-13H2. The highest BCUT2D eigenvalue weighted by Crippen LogP contribution is 2.37. The predicted molar refractivity (Wildman–Crippen MR) is 104 cm³/mol. The van der Waals surface area contributed by atoms with Gasteiger partial charge in [-0.1, -0.05) is 23.7 Å². The average molecular weight is 383 g/mol. The highest BCUT2D eigenvalue weighted by atomic mass is 35.5. The lowest BCUT2D eigenvalue weighted by molar-refractivity contribution is 0.217. The van der Waals surface area contributed by atoms with Gasteiger partial charge in [0.15, 0.2) is 11.5 Å². The summed E-state index contributed by atoms with van der Waals surface area (Å²) >= 11 is 5.92. The van der Waals surface area contributed by atoms with Crippen molar-refractivity contribution in [1.29, 1.82) is 0 Å². The van der Waals surface area contributed by atoms with Gasteiger partial charge in [0.2, 0.25) is 0 Å². The van der Waals surface area contributed by atoms with Gasteiger partial charge in [0.1, 0.15) is 12.4 Å². The Bertz CT molecular complexity index is 960. The van der Waals surface area contributed by atoms with Gasteiger partial charge in [-0.05, 0) is 42.0 Å². The molecule has 3 aromatic rings. The van der Waals surface area contributed by atoms with Gasteiger partial charge in [0, 0.05) is 37.0 Å². The number of halogens is 1. The topological polar surface area (TPSA) is 65.8 Å². The van der Waals surface area contributed by atoms with Gasteiger partial charge in [-0.25, -0.2) is 0 Å². The molecule has 0 radical (unpaired) electrons. The first kappa shape index (κ1) is 17.6. The molecule has 1 aliphatic heterocycles. The largest absolute Gasteiger partial charge is 0.508 e. The lowest BCUT2D eigenvalue weighted by Crippen LogP contribution is -2.25. The predicted octanol–water partition coefficient (Wildman–Crippen LogP) is 4.21. The van der Waals surface area contributed by atoms with Crippen LogP contribution in [0.2, 0.25) is 5.02 Å².